The molecule has 0 radical (unpaired) electrons. The van der Waals surface area contributed by atoms with E-state index in [-0.39, 0.29) is 10.8 Å². The van der Waals surface area contributed by atoms with E-state index in [0.717, 1.165) is 31.8 Å². The van der Waals surface area contributed by atoms with Crippen LogP contribution in [0.1, 0.15) is 65.3 Å². The zero-order chi connectivity index (χ0) is 19.3. The lowest BCUT2D eigenvalue weighted by atomic mass is 9.84. The van der Waals surface area contributed by atoms with E-state index in [9.17, 15) is 4.79 Å². The number of amides is 1. The lowest BCUT2D eigenvalue weighted by Gasteiger charge is -2.28. The second kappa shape index (κ2) is 9.16. The molecule has 1 heterocycles. The van der Waals surface area contributed by atoms with Crippen molar-refractivity contribution in [2.24, 2.45) is 11.3 Å². The van der Waals surface area contributed by atoms with Gasteiger partial charge in [0.1, 0.15) is 5.37 Å². The average molecular weight is 377 g/mol. The van der Waals surface area contributed by atoms with E-state index < -0.39 is 0 Å². The van der Waals surface area contributed by atoms with E-state index in [0.29, 0.717) is 18.2 Å². The van der Waals surface area contributed by atoms with Gasteiger partial charge in [-0.3, -0.25) is 4.79 Å². The van der Waals surface area contributed by atoms with Gasteiger partial charge in [-0.25, -0.2) is 0 Å². The van der Waals surface area contributed by atoms with Gasteiger partial charge in [0.2, 0.25) is 5.91 Å². The minimum Gasteiger partial charge on any atom is -0.372 e. The average Bonchev–Trinajstić information content (AvgIpc) is 3.04. The van der Waals surface area contributed by atoms with Crippen LogP contribution in [0, 0.1) is 11.3 Å². The minimum atomic E-state index is 0.176. The van der Waals surface area contributed by atoms with Gasteiger partial charge in [-0.15, -0.1) is 11.8 Å². The Labute approximate surface area is 164 Å². The molecular weight excluding hydrogens is 340 g/mol. The number of hydrogen-bond donors (Lipinski definition) is 0. The summed E-state index contributed by atoms with van der Waals surface area (Å²) in [6.07, 6.45) is 1.74. The first-order chi connectivity index (χ1) is 12.2. The van der Waals surface area contributed by atoms with Crippen molar-refractivity contribution in [3.05, 3.63) is 29.8 Å². The van der Waals surface area contributed by atoms with E-state index in [1.165, 1.54) is 11.3 Å². The molecule has 3 nitrogen and oxygen atoms in total. The molecule has 1 fully saturated rings. The number of nitrogens with zero attached hydrogens (tertiary/aromatic N) is 2. The van der Waals surface area contributed by atoms with Crippen LogP contribution in [0.3, 0.4) is 0 Å². The third kappa shape index (κ3) is 5.67. The van der Waals surface area contributed by atoms with Gasteiger partial charge in [0, 0.05) is 37.5 Å². The quantitative estimate of drug-likeness (QED) is 0.621. The number of carbonyl (C=O) groups is 1. The van der Waals surface area contributed by atoms with Crippen molar-refractivity contribution in [1.82, 2.24) is 4.90 Å². The molecule has 0 aliphatic carbocycles. The van der Waals surface area contributed by atoms with E-state index in [4.69, 9.17) is 0 Å². The van der Waals surface area contributed by atoms with Gasteiger partial charge in [-0.2, -0.15) is 0 Å². The Bertz CT molecular complexity index is 575. The monoisotopic (exact) mass is 376 g/mol. The van der Waals surface area contributed by atoms with Gasteiger partial charge in [0.25, 0.3) is 0 Å². The summed E-state index contributed by atoms with van der Waals surface area (Å²) in [7, 11) is 0. The first kappa shape index (κ1) is 21.1. The second-order valence-corrected chi connectivity index (χ2v) is 9.84. The van der Waals surface area contributed by atoms with Crippen molar-refractivity contribution in [1.29, 1.82) is 0 Å². The minimum absolute atomic E-state index is 0.176. The van der Waals surface area contributed by atoms with Crippen molar-refractivity contribution in [3.8, 4) is 0 Å². The maximum Gasteiger partial charge on any atom is 0.224 e. The summed E-state index contributed by atoms with van der Waals surface area (Å²) in [5, 5.41) is 0.176. The third-order valence-corrected chi connectivity index (χ3v) is 6.26. The lowest BCUT2D eigenvalue weighted by Crippen LogP contribution is -2.32. The van der Waals surface area contributed by atoms with Crippen LogP contribution in [0.5, 0.6) is 0 Å². The van der Waals surface area contributed by atoms with Gasteiger partial charge >= 0.3 is 0 Å². The van der Waals surface area contributed by atoms with Crippen molar-refractivity contribution in [2.45, 2.75) is 59.8 Å². The van der Waals surface area contributed by atoms with Crippen LogP contribution in [0.15, 0.2) is 24.3 Å². The first-order valence-corrected chi connectivity index (χ1v) is 11.1. The molecular formula is C22H36N2OS. The van der Waals surface area contributed by atoms with Crippen LogP contribution in [0.2, 0.25) is 0 Å². The van der Waals surface area contributed by atoms with Crippen LogP contribution in [0.4, 0.5) is 5.69 Å². The fourth-order valence-electron chi connectivity index (χ4n) is 3.97. The number of thioether (sulfide) groups is 1. The van der Waals surface area contributed by atoms with Gasteiger partial charge in [0.15, 0.2) is 0 Å². The Morgan fingerprint density at radius 3 is 2.38 bits per heavy atom. The maximum atomic E-state index is 12.9. The van der Waals surface area contributed by atoms with Crippen molar-refractivity contribution >= 4 is 23.4 Å². The van der Waals surface area contributed by atoms with Crippen LogP contribution in [-0.2, 0) is 4.79 Å². The summed E-state index contributed by atoms with van der Waals surface area (Å²) in [6, 6.07) is 8.81. The van der Waals surface area contributed by atoms with Gasteiger partial charge in [-0.05, 0) is 49.3 Å². The summed E-state index contributed by atoms with van der Waals surface area (Å²) in [4.78, 5) is 17.3. The number of hydrogen-bond acceptors (Lipinski definition) is 3. The molecule has 0 bridgehead atoms. The summed E-state index contributed by atoms with van der Waals surface area (Å²) >= 11 is 1.89. The van der Waals surface area contributed by atoms with Crippen molar-refractivity contribution < 1.29 is 4.79 Å². The molecule has 1 aromatic carbocycles. The predicted molar refractivity (Wildman–Crippen MR) is 115 cm³/mol. The first-order valence-electron chi connectivity index (χ1n) is 10.0. The van der Waals surface area contributed by atoms with Crippen LogP contribution < -0.4 is 4.90 Å². The largest absolute Gasteiger partial charge is 0.372 e. The number of carbonyl (C=O) groups excluding carboxylic acids is 1. The fraction of sp³-hybridized carbons (Fsp3) is 0.682. The summed E-state index contributed by atoms with van der Waals surface area (Å²) in [5.74, 6) is 1.77. The molecule has 146 valence electrons. The molecule has 1 amide bonds. The molecule has 0 unspecified atom stereocenters. The van der Waals surface area contributed by atoms with Crippen molar-refractivity contribution in [3.63, 3.8) is 0 Å². The number of anilines is 1. The number of rotatable bonds is 7. The zero-order valence-electron chi connectivity index (χ0n) is 17.4. The molecule has 1 aliphatic heterocycles. The zero-order valence-corrected chi connectivity index (χ0v) is 18.2. The number of benzene rings is 1. The summed E-state index contributed by atoms with van der Waals surface area (Å²) in [6.45, 7) is 16.2. The smallest absolute Gasteiger partial charge is 0.224 e. The Balaban J connectivity index is 2.04. The van der Waals surface area contributed by atoms with Gasteiger partial charge in [0.05, 0.1) is 0 Å². The van der Waals surface area contributed by atoms with Crippen LogP contribution in [-0.4, -0.2) is 36.2 Å². The molecule has 2 atom stereocenters. The summed E-state index contributed by atoms with van der Waals surface area (Å²) < 4.78 is 0. The second-order valence-electron chi connectivity index (χ2n) is 8.65. The van der Waals surface area contributed by atoms with Crippen molar-refractivity contribution in [2.75, 3.05) is 30.3 Å². The van der Waals surface area contributed by atoms with E-state index in [1.54, 1.807) is 0 Å². The molecule has 26 heavy (non-hydrogen) atoms. The van der Waals surface area contributed by atoms with E-state index in [2.05, 4.69) is 75.6 Å². The Hall–Kier alpha value is -1.16. The summed E-state index contributed by atoms with van der Waals surface area (Å²) in [5.41, 5.74) is 2.79. The molecule has 0 saturated carbocycles. The van der Waals surface area contributed by atoms with E-state index >= 15 is 0 Å². The van der Waals surface area contributed by atoms with Crippen LogP contribution >= 0.6 is 11.8 Å². The molecule has 4 heteroatoms. The standard InChI is InChI=1S/C22H36N2OS/c1-7-23(8-2)19-11-9-18(10-12-19)21-24(13-14-26-21)20(25)15-17(3)16-22(4,5)6/h9-12,17,21H,7-8,13-16H2,1-6H3/t17-,21-/m0/s1. The molecule has 1 aliphatic rings. The lowest BCUT2D eigenvalue weighted by molar-refractivity contribution is -0.132. The normalized spacial score (nSPS) is 18.8. The Morgan fingerprint density at radius 2 is 1.85 bits per heavy atom. The van der Waals surface area contributed by atoms with E-state index in [1.807, 2.05) is 11.8 Å². The third-order valence-electron chi connectivity index (χ3n) is 5.00. The Kier molecular flexibility index (Phi) is 7.45. The highest BCUT2D eigenvalue weighted by molar-refractivity contribution is 7.99. The van der Waals surface area contributed by atoms with Crippen LogP contribution in [0.25, 0.3) is 0 Å². The highest BCUT2D eigenvalue weighted by atomic mass is 32.2. The highest BCUT2D eigenvalue weighted by Gasteiger charge is 2.31. The molecule has 1 saturated heterocycles. The SMILES string of the molecule is CCN(CC)c1ccc([C@@H]2SCCN2C(=O)C[C@H](C)CC(C)(C)C)cc1. The topological polar surface area (TPSA) is 23.6 Å². The molecule has 0 N–H and O–H groups in total. The molecule has 0 spiro atoms. The Morgan fingerprint density at radius 1 is 1.23 bits per heavy atom. The maximum absolute atomic E-state index is 12.9. The molecule has 2 rings (SSSR count). The predicted octanol–water partition coefficient (Wildman–Crippen LogP) is 5.57. The van der Waals surface area contributed by atoms with Gasteiger partial charge in [-0.1, -0.05) is 39.8 Å². The highest BCUT2D eigenvalue weighted by Crippen LogP contribution is 2.39. The molecule has 0 aromatic heterocycles. The fourth-order valence-corrected chi connectivity index (χ4v) is 5.25. The molecule has 1 aromatic rings. The van der Waals surface area contributed by atoms with Gasteiger partial charge < -0.3 is 9.80 Å².